The van der Waals surface area contributed by atoms with Gasteiger partial charge < -0.3 is 10.2 Å². The van der Waals surface area contributed by atoms with Crippen molar-refractivity contribution in [3.05, 3.63) is 35.4 Å². The van der Waals surface area contributed by atoms with Crippen LogP contribution in [0.4, 0.5) is 0 Å². The summed E-state index contributed by atoms with van der Waals surface area (Å²) in [6, 6.07) is 6.33. The van der Waals surface area contributed by atoms with E-state index in [0.29, 0.717) is 12.0 Å². The van der Waals surface area contributed by atoms with Crippen molar-refractivity contribution < 1.29 is 19.8 Å². The Hall–Kier alpha value is -1.68. The molecule has 2 N–H and O–H groups in total. The van der Waals surface area contributed by atoms with Crippen LogP contribution in [0.2, 0.25) is 0 Å². The van der Waals surface area contributed by atoms with Crippen LogP contribution in [0.25, 0.3) is 0 Å². The zero-order chi connectivity index (χ0) is 13.5. The van der Waals surface area contributed by atoms with Crippen LogP contribution in [-0.2, 0) is 4.79 Å². The molecule has 1 rings (SSSR count). The average molecular weight is 250 g/mol. The lowest BCUT2D eigenvalue weighted by molar-refractivity contribution is -0.146. The molecular formula is C14H18O4. The molecule has 18 heavy (non-hydrogen) atoms. The van der Waals surface area contributed by atoms with Crippen molar-refractivity contribution in [3.63, 3.8) is 0 Å². The predicted octanol–water partition coefficient (Wildman–Crippen LogP) is 2.57. The van der Waals surface area contributed by atoms with E-state index in [2.05, 4.69) is 0 Å². The van der Waals surface area contributed by atoms with Gasteiger partial charge in [0.1, 0.15) is 0 Å². The van der Waals surface area contributed by atoms with Gasteiger partial charge in [-0.3, -0.25) is 4.79 Å². The number of hydrogen-bond donors (Lipinski definition) is 2. The number of carboxylic acids is 1. The molecule has 4 nitrogen and oxygen atoms in total. The van der Waals surface area contributed by atoms with Crippen molar-refractivity contribution in [1.29, 1.82) is 0 Å². The Morgan fingerprint density at radius 3 is 2.50 bits per heavy atom. The van der Waals surface area contributed by atoms with E-state index in [-0.39, 0.29) is 11.3 Å². The standard InChI is InChI=1S/C14H18O4/c1-2-3-4-9-12(15)10-7-5-6-8-11(10)13(16)14(17)18/h5-8,13,16H,2-4,9H2,1H3,(H,17,18)/t13-/m1/s1. The van der Waals surface area contributed by atoms with E-state index in [4.69, 9.17) is 5.11 Å². The number of aliphatic hydroxyl groups excluding tert-OH is 1. The maximum absolute atomic E-state index is 12.0. The highest BCUT2D eigenvalue weighted by Crippen LogP contribution is 2.20. The number of carboxylic acid groups (broad SMARTS) is 1. The lowest BCUT2D eigenvalue weighted by Crippen LogP contribution is -2.15. The highest BCUT2D eigenvalue weighted by atomic mass is 16.4. The Bertz CT molecular complexity index is 426. The van der Waals surface area contributed by atoms with Gasteiger partial charge in [0.15, 0.2) is 11.9 Å². The van der Waals surface area contributed by atoms with Gasteiger partial charge >= 0.3 is 5.97 Å². The van der Waals surface area contributed by atoms with E-state index in [1.165, 1.54) is 6.07 Å². The minimum Gasteiger partial charge on any atom is -0.479 e. The van der Waals surface area contributed by atoms with E-state index in [9.17, 15) is 14.7 Å². The van der Waals surface area contributed by atoms with Gasteiger partial charge in [-0.25, -0.2) is 4.79 Å². The summed E-state index contributed by atoms with van der Waals surface area (Å²) in [6.07, 6.45) is 1.52. The molecule has 0 unspecified atom stereocenters. The number of aliphatic carboxylic acids is 1. The second-order valence-electron chi connectivity index (χ2n) is 4.21. The number of Topliss-reactive ketones (excluding diaryl/α,β-unsaturated/α-hetero) is 1. The minimum atomic E-state index is -1.64. The molecule has 1 aromatic rings. The van der Waals surface area contributed by atoms with Crippen LogP contribution in [0.5, 0.6) is 0 Å². The number of carbonyl (C=O) groups excluding carboxylic acids is 1. The molecule has 1 aromatic carbocycles. The van der Waals surface area contributed by atoms with Crippen molar-refractivity contribution in [1.82, 2.24) is 0 Å². The van der Waals surface area contributed by atoms with Gasteiger partial charge in [0.05, 0.1) is 0 Å². The van der Waals surface area contributed by atoms with Crippen molar-refractivity contribution in [2.24, 2.45) is 0 Å². The molecule has 0 aliphatic carbocycles. The molecule has 0 fully saturated rings. The molecule has 0 aliphatic rings. The molecule has 1 atom stereocenters. The third-order valence-corrected chi connectivity index (χ3v) is 2.80. The Morgan fingerprint density at radius 1 is 1.22 bits per heavy atom. The number of unbranched alkanes of at least 4 members (excludes halogenated alkanes) is 2. The summed E-state index contributed by atoms with van der Waals surface area (Å²) < 4.78 is 0. The van der Waals surface area contributed by atoms with Crippen LogP contribution < -0.4 is 0 Å². The first-order valence-corrected chi connectivity index (χ1v) is 6.11. The molecule has 0 aromatic heterocycles. The number of aliphatic hydroxyl groups is 1. The molecule has 0 bridgehead atoms. The van der Waals surface area contributed by atoms with Crippen LogP contribution >= 0.6 is 0 Å². The fourth-order valence-corrected chi connectivity index (χ4v) is 1.79. The summed E-state index contributed by atoms with van der Waals surface area (Å²) in [5, 5.41) is 18.3. The van der Waals surface area contributed by atoms with Crippen molar-refractivity contribution in [2.75, 3.05) is 0 Å². The molecule has 0 heterocycles. The normalized spacial score (nSPS) is 12.1. The van der Waals surface area contributed by atoms with Gasteiger partial charge in [0.2, 0.25) is 0 Å². The number of hydrogen-bond acceptors (Lipinski definition) is 3. The Kier molecular flexibility index (Phi) is 5.52. The monoisotopic (exact) mass is 250 g/mol. The van der Waals surface area contributed by atoms with Gasteiger partial charge in [-0.05, 0) is 6.42 Å². The maximum Gasteiger partial charge on any atom is 0.337 e. The topological polar surface area (TPSA) is 74.6 Å². The molecular weight excluding hydrogens is 232 g/mol. The SMILES string of the molecule is CCCCCC(=O)c1ccccc1[C@@H](O)C(=O)O. The summed E-state index contributed by atoms with van der Waals surface area (Å²) in [7, 11) is 0. The fourth-order valence-electron chi connectivity index (χ4n) is 1.79. The number of rotatable bonds is 7. The highest BCUT2D eigenvalue weighted by molar-refractivity contribution is 5.98. The predicted molar refractivity (Wildman–Crippen MR) is 67.5 cm³/mol. The number of ketones is 1. The first-order chi connectivity index (χ1) is 8.57. The molecule has 0 amide bonds. The summed E-state index contributed by atoms with van der Waals surface area (Å²) in [4.78, 5) is 22.7. The van der Waals surface area contributed by atoms with Crippen molar-refractivity contribution in [2.45, 2.75) is 38.7 Å². The summed E-state index contributed by atoms with van der Waals surface area (Å²) in [6.45, 7) is 2.05. The largest absolute Gasteiger partial charge is 0.479 e. The number of benzene rings is 1. The lowest BCUT2D eigenvalue weighted by Gasteiger charge is -2.11. The molecule has 0 aliphatic heterocycles. The first-order valence-electron chi connectivity index (χ1n) is 6.11. The summed E-state index contributed by atoms with van der Waals surface area (Å²) >= 11 is 0. The third kappa shape index (κ3) is 3.67. The van der Waals surface area contributed by atoms with Crippen LogP contribution in [-0.4, -0.2) is 22.0 Å². The lowest BCUT2D eigenvalue weighted by atomic mass is 9.96. The maximum atomic E-state index is 12.0. The van der Waals surface area contributed by atoms with E-state index >= 15 is 0 Å². The van der Waals surface area contributed by atoms with Gasteiger partial charge in [-0.2, -0.15) is 0 Å². The van der Waals surface area contributed by atoms with E-state index in [0.717, 1.165) is 19.3 Å². The van der Waals surface area contributed by atoms with E-state index in [1.54, 1.807) is 18.2 Å². The third-order valence-electron chi connectivity index (χ3n) is 2.80. The summed E-state index contributed by atoms with van der Waals surface area (Å²) in [5.41, 5.74) is 0.481. The second kappa shape index (κ2) is 6.91. The van der Waals surface area contributed by atoms with Crippen LogP contribution in [0.3, 0.4) is 0 Å². The highest BCUT2D eigenvalue weighted by Gasteiger charge is 2.21. The average Bonchev–Trinajstić information content (AvgIpc) is 2.38. The van der Waals surface area contributed by atoms with Gasteiger partial charge in [0, 0.05) is 17.5 Å². The van der Waals surface area contributed by atoms with Gasteiger partial charge in [-0.1, -0.05) is 44.0 Å². The summed E-state index contributed by atoms with van der Waals surface area (Å²) in [5.74, 6) is -1.46. The van der Waals surface area contributed by atoms with Gasteiger partial charge in [0.25, 0.3) is 0 Å². The molecule has 98 valence electrons. The van der Waals surface area contributed by atoms with E-state index in [1.807, 2.05) is 6.92 Å². The zero-order valence-corrected chi connectivity index (χ0v) is 10.4. The zero-order valence-electron chi connectivity index (χ0n) is 10.4. The van der Waals surface area contributed by atoms with Gasteiger partial charge in [-0.15, -0.1) is 0 Å². The quantitative estimate of drug-likeness (QED) is 0.576. The van der Waals surface area contributed by atoms with Crippen molar-refractivity contribution in [3.8, 4) is 0 Å². The Labute approximate surface area is 106 Å². The van der Waals surface area contributed by atoms with Crippen molar-refractivity contribution >= 4 is 11.8 Å². The van der Waals surface area contributed by atoms with Crippen LogP contribution in [0.1, 0.15) is 54.6 Å². The molecule has 0 radical (unpaired) electrons. The van der Waals surface area contributed by atoms with E-state index < -0.39 is 12.1 Å². The molecule has 4 heteroatoms. The van der Waals surface area contributed by atoms with Crippen LogP contribution in [0, 0.1) is 0 Å². The smallest absolute Gasteiger partial charge is 0.337 e. The number of carbonyl (C=O) groups is 2. The fraction of sp³-hybridized carbons (Fsp3) is 0.429. The van der Waals surface area contributed by atoms with Crippen LogP contribution in [0.15, 0.2) is 24.3 Å². The second-order valence-corrected chi connectivity index (χ2v) is 4.21. The first kappa shape index (κ1) is 14.4. The molecule has 0 saturated heterocycles. The Balaban J connectivity index is 2.88. The molecule has 0 spiro atoms. The Morgan fingerprint density at radius 2 is 1.89 bits per heavy atom. The molecule has 0 saturated carbocycles. The minimum absolute atomic E-state index is 0.112.